The molecule has 17 heavy (non-hydrogen) atoms. The Bertz CT molecular complexity index is 237. The van der Waals surface area contributed by atoms with Gasteiger partial charge in [0, 0.05) is 25.7 Å². The number of nitrogens with zero attached hydrogens (tertiary/aromatic N) is 1. The molecule has 0 spiro atoms. The Morgan fingerprint density at radius 1 is 1.41 bits per heavy atom. The van der Waals surface area contributed by atoms with Gasteiger partial charge in [-0.1, -0.05) is 20.8 Å². The first-order valence-corrected chi connectivity index (χ1v) is 6.77. The first-order valence-electron chi connectivity index (χ1n) is 6.77. The maximum atomic E-state index is 6.08. The minimum Gasteiger partial charge on any atom is -0.381 e. The van der Waals surface area contributed by atoms with Gasteiger partial charge in [0.2, 0.25) is 0 Å². The topological polar surface area (TPSA) is 38.5 Å². The van der Waals surface area contributed by atoms with Gasteiger partial charge in [-0.2, -0.15) is 0 Å². The SMILES string of the molecule is COC1CCCC(CN)(N(C)CC(C)(C)C)C1. The zero-order chi connectivity index (χ0) is 13.1. The van der Waals surface area contributed by atoms with Gasteiger partial charge in [-0.05, 0) is 38.1 Å². The first kappa shape index (κ1) is 14.9. The largest absolute Gasteiger partial charge is 0.381 e. The second-order valence-electron chi connectivity index (χ2n) is 6.80. The molecule has 2 atom stereocenters. The second-order valence-corrected chi connectivity index (χ2v) is 6.80. The zero-order valence-corrected chi connectivity index (χ0v) is 12.3. The lowest BCUT2D eigenvalue weighted by atomic mass is 9.78. The highest BCUT2D eigenvalue weighted by Crippen LogP contribution is 2.35. The van der Waals surface area contributed by atoms with Crippen molar-refractivity contribution in [2.75, 3.05) is 27.2 Å². The molecule has 1 rings (SSSR count). The monoisotopic (exact) mass is 242 g/mol. The lowest BCUT2D eigenvalue weighted by molar-refractivity contribution is -0.0217. The van der Waals surface area contributed by atoms with Crippen molar-refractivity contribution in [3.63, 3.8) is 0 Å². The Morgan fingerprint density at radius 3 is 2.53 bits per heavy atom. The summed E-state index contributed by atoms with van der Waals surface area (Å²) in [7, 11) is 4.04. The van der Waals surface area contributed by atoms with Gasteiger partial charge in [0.1, 0.15) is 0 Å². The van der Waals surface area contributed by atoms with Crippen molar-refractivity contribution in [1.82, 2.24) is 4.90 Å². The van der Waals surface area contributed by atoms with Gasteiger partial charge in [0.25, 0.3) is 0 Å². The van der Waals surface area contributed by atoms with E-state index in [1.54, 1.807) is 0 Å². The van der Waals surface area contributed by atoms with Gasteiger partial charge in [0.15, 0.2) is 0 Å². The van der Waals surface area contributed by atoms with Crippen LogP contribution in [0.2, 0.25) is 0 Å². The van der Waals surface area contributed by atoms with Crippen LogP contribution in [0.5, 0.6) is 0 Å². The van der Waals surface area contributed by atoms with Crippen LogP contribution in [0, 0.1) is 5.41 Å². The predicted molar refractivity (Wildman–Crippen MR) is 73.1 cm³/mol. The van der Waals surface area contributed by atoms with Crippen molar-refractivity contribution in [2.45, 2.75) is 58.1 Å². The van der Waals surface area contributed by atoms with Gasteiger partial charge in [-0.25, -0.2) is 0 Å². The van der Waals surface area contributed by atoms with E-state index < -0.39 is 0 Å². The molecule has 0 heterocycles. The Labute approximate surface area is 107 Å². The summed E-state index contributed by atoms with van der Waals surface area (Å²) in [5.74, 6) is 0. The van der Waals surface area contributed by atoms with E-state index >= 15 is 0 Å². The fourth-order valence-corrected chi connectivity index (χ4v) is 3.06. The van der Waals surface area contributed by atoms with Crippen molar-refractivity contribution < 1.29 is 4.74 Å². The number of nitrogens with two attached hydrogens (primary N) is 1. The maximum Gasteiger partial charge on any atom is 0.0589 e. The normalized spacial score (nSPS) is 30.9. The number of ether oxygens (including phenoxy) is 1. The van der Waals surface area contributed by atoms with Crippen LogP contribution in [0.25, 0.3) is 0 Å². The van der Waals surface area contributed by atoms with E-state index in [0.717, 1.165) is 19.5 Å². The van der Waals surface area contributed by atoms with Crippen LogP contribution in [0.3, 0.4) is 0 Å². The molecule has 0 saturated heterocycles. The molecular weight excluding hydrogens is 212 g/mol. The summed E-state index contributed by atoms with van der Waals surface area (Å²) in [6, 6.07) is 0. The molecule has 0 aromatic heterocycles. The van der Waals surface area contributed by atoms with Crippen molar-refractivity contribution in [3.05, 3.63) is 0 Å². The lowest BCUT2D eigenvalue weighted by Gasteiger charge is -2.48. The van der Waals surface area contributed by atoms with E-state index in [1.165, 1.54) is 19.3 Å². The van der Waals surface area contributed by atoms with Crippen LogP contribution in [0.15, 0.2) is 0 Å². The van der Waals surface area contributed by atoms with E-state index in [9.17, 15) is 0 Å². The fourth-order valence-electron chi connectivity index (χ4n) is 3.06. The molecule has 3 nitrogen and oxygen atoms in total. The summed E-state index contributed by atoms with van der Waals surface area (Å²) in [6.07, 6.45) is 5.07. The van der Waals surface area contributed by atoms with E-state index in [2.05, 4.69) is 32.7 Å². The Kier molecular flexibility index (Phi) is 4.99. The zero-order valence-electron chi connectivity index (χ0n) is 12.3. The third kappa shape index (κ3) is 3.94. The number of methoxy groups -OCH3 is 1. The molecule has 1 aliphatic carbocycles. The minimum atomic E-state index is 0.145. The molecule has 1 aliphatic rings. The van der Waals surface area contributed by atoms with Crippen LogP contribution in [-0.2, 0) is 4.74 Å². The van der Waals surface area contributed by atoms with E-state index in [-0.39, 0.29) is 5.54 Å². The van der Waals surface area contributed by atoms with Gasteiger partial charge in [-0.15, -0.1) is 0 Å². The van der Waals surface area contributed by atoms with Crippen molar-refractivity contribution in [2.24, 2.45) is 11.1 Å². The molecule has 1 saturated carbocycles. The van der Waals surface area contributed by atoms with Gasteiger partial charge in [0.05, 0.1) is 6.10 Å². The van der Waals surface area contributed by atoms with E-state index in [1.807, 2.05) is 7.11 Å². The molecule has 0 aromatic rings. The van der Waals surface area contributed by atoms with Crippen LogP contribution >= 0.6 is 0 Å². The van der Waals surface area contributed by atoms with Crippen molar-refractivity contribution in [3.8, 4) is 0 Å². The van der Waals surface area contributed by atoms with Gasteiger partial charge >= 0.3 is 0 Å². The van der Waals surface area contributed by atoms with Crippen LogP contribution in [-0.4, -0.2) is 43.8 Å². The number of hydrogen-bond acceptors (Lipinski definition) is 3. The summed E-state index contributed by atoms with van der Waals surface area (Å²) in [6.45, 7) is 8.67. The molecule has 0 radical (unpaired) electrons. The van der Waals surface area contributed by atoms with Crippen LogP contribution < -0.4 is 5.73 Å². The average Bonchev–Trinajstić information content (AvgIpc) is 2.26. The summed E-state index contributed by atoms with van der Waals surface area (Å²) >= 11 is 0. The maximum absolute atomic E-state index is 6.08. The smallest absolute Gasteiger partial charge is 0.0589 e. The average molecular weight is 242 g/mol. The summed E-state index contributed by atoms with van der Waals surface area (Å²) in [4.78, 5) is 2.47. The third-order valence-corrected chi connectivity index (χ3v) is 4.01. The Balaban J connectivity index is 2.73. The quantitative estimate of drug-likeness (QED) is 0.822. The summed E-state index contributed by atoms with van der Waals surface area (Å²) < 4.78 is 5.55. The molecule has 1 fully saturated rings. The summed E-state index contributed by atoms with van der Waals surface area (Å²) in [5, 5.41) is 0. The first-order chi connectivity index (χ1) is 7.83. The highest BCUT2D eigenvalue weighted by molar-refractivity contribution is 4.97. The number of likely N-dealkylation sites (N-methyl/N-ethyl adjacent to an activating group) is 1. The number of rotatable bonds is 4. The molecule has 0 bridgehead atoms. The van der Waals surface area contributed by atoms with Crippen molar-refractivity contribution in [1.29, 1.82) is 0 Å². The van der Waals surface area contributed by atoms with Gasteiger partial charge < -0.3 is 10.5 Å². The number of hydrogen-bond donors (Lipinski definition) is 1. The van der Waals surface area contributed by atoms with Gasteiger partial charge in [-0.3, -0.25) is 4.90 Å². The third-order valence-electron chi connectivity index (χ3n) is 4.01. The molecule has 102 valence electrons. The molecule has 3 heteroatoms. The molecular formula is C14H30N2O. The van der Waals surface area contributed by atoms with Crippen LogP contribution in [0.4, 0.5) is 0 Å². The standard InChI is InChI=1S/C14H30N2O/c1-13(2,3)11-16(4)14(10-15)8-6-7-12(9-14)17-5/h12H,6-11,15H2,1-5H3. The van der Waals surface area contributed by atoms with E-state index in [4.69, 9.17) is 10.5 Å². The molecule has 0 aromatic carbocycles. The molecule has 2 unspecified atom stereocenters. The fraction of sp³-hybridized carbons (Fsp3) is 1.00. The molecule has 0 amide bonds. The Morgan fingerprint density at radius 2 is 2.06 bits per heavy atom. The minimum absolute atomic E-state index is 0.145. The molecule has 0 aliphatic heterocycles. The second kappa shape index (κ2) is 5.68. The predicted octanol–water partition coefficient (Wildman–Crippen LogP) is 2.25. The lowest BCUT2D eigenvalue weighted by Crippen LogP contribution is -2.57. The molecule has 2 N–H and O–H groups in total. The Hall–Kier alpha value is -0.120. The summed E-state index contributed by atoms with van der Waals surface area (Å²) in [5.41, 5.74) is 6.54. The highest BCUT2D eigenvalue weighted by atomic mass is 16.5. The highest BCUT2D eigenvalue weighted by Gasteiger charge is 2.39. The van der Waals surface area contributed by atoms with E-state index in [0.29, 0.717) is 11.5 Å². The van der Waals surface area contributed by atoms with Crippen molar-refractivity contribution >= 4 is 0 Å². The van der Waals surface area contributed by atoms with Crippen LogP contribution in [0.1, 0.15) is 46.5 Å².